The number of ether oxygens (including phenoxy) is 2. The van der Waals surface area contributed by atoms with Crippen LogP contribution in [0.25, 0.3) is 10.9 Å². The van der Waals surface area contributed by atoms with Gasteiger partial charge in [-0.1, -0.05) is 12.1 Å². The molecule has 3 heterocycles. The number of benzene rings is 2. The van der Waals surface area contributed by atoms with Gasteiger partial charge in [0, 0.05) is 19.1 Å². The van der Waals surface area contributed by atoms with E-state index in [1.54, 1.807) is 24.0 Å². The van der Waals surface area contributed by atoms with Gasteiger partial charge in [-0.3, -0.25) is 14.2 Å². The summed E-state index contributed by atoms with van der Waals surface area (Å²) >= 11 is 0. The molecule has 0 radical (unpaired) electrons. The number of likely N-dealkylation sites (tertiary alicyclic amines) is 1. The van der Waals surface area contributed by atoms with Crippen LogP contribution < -0.4 is 20.7 Å². The van der Waals surface area contributed by atoms with Crippen molar-refractivity contribution in [3.8, 4) is 11.5 Å². The number of aromatic amines is 1. The summed E-state index contributed by atoms with van der Waals surface area (Å²) in [5.74, 6) is 0.403. The van der Waals surface area contributed by atoms with Crippen molar-refractivity contribution in [3.63, 3.8) is 0 Å². The molecule has 8 nitrogen and oxygen atoms in total. The molecule has 1 fully saturated rings. The van der Waals surface area contributed by atoms with E-state index < -0.39 is 29.3 Å². The molecule has 2 aliphatic rings. The molecule has 32 heavy (non-hydrogen) atoms. The number of amides is 1. The summed E-state index contributed by atoms with van der Waals surface area (Å²) in [7, 11) is 0. The maximum Gasteiger partial charge on any atom is 0.329 e. The first kappa shape index (κ1) is 20.3. The molecule has 0 saturated carbocycles. The van der Waals surface area contributed by atoms with Crippen LogP contribution >= 0.6 is 0 Å². The second-order valence-corrected chi connectivity index (χ2v) is 8.16. The zero-order chi connectivity index (χ0) is 22.4. The average Bonchev–Trinajstić information content (AvgIpc) is 2.79. The van der Waals surface area contributed by atoms with Crippen LogP contribution in [0.5, 0.6) is 11.5 Å². The van der Waals surface area contributed by atoms with E-state index in [2.05, 4.69) is 4.98 Å². The number of hydrogen-bond donors (Lipinski definition) is 1. The van der Waals surface area contributed by atoms with Gasteiger partial charge in [-0.2, -0.15) is 0 Å². The zero-order valence-electron chi connectivity index (χ0n) is 17.4. The number of halogens is 1. The smallest absolute Gasteiger partial charge is 0.329 e. The minimum Gasteiger partial charge on any atom is -0.482 e. The predicted octanol–water partition coefficient (Wildman–Crippen LogP) is 2.22. The molecular formula is C23H22FN3O5. The molecule has 2 unspecified atom stereocenters. The first-order chi connectivity index (χ1) is 15.4. The Labute approximate surface area is 182 Å². The fraction of sp³-hybridized carbons (Fsp3) is 0.348. The fourth-order valence-electron chi connectivity index (χ4n) is 4.45. The third-order valence-corrected chi connectivity index (χ3v) is 6.12. The molecule has 9 heteroatoms. The van der Waals surface area contributed by atoms with Crippen LogP contribution in [0.2, 0.25) is 0 Å². The maximum atomic E-state index is 13.6. The van der Waals surface area contributed by atoms with Crippen molar-refractivity contribution >= 4 is 16.8 Å². The third-order valence-electron chi connectivity index (χ3n) is 6.12. The van der Waals surface area contributed by atoms with Gasteiger partial charge in [0.15, 0.2) is 11.5 Å². The Bertz CT molecular complexity index is 1310. The second-order valence-electron chi connectivity index (χ2n) is 8.16. The molecule has 5 rings (SSSR count). The molecule has 1 N–H and O–H groups in total. The molecule has 1 aromatic heterocycles. The molecule has 2 aliphatic heterocycles. The fourth-order valence-corrected chi connectivity index (χ4v) is 4.45. The molecule has 0 spiro atoms. The largest absolute Gasteiger partial charge is 0.482 e. The highest BCUT2D eigenvalue weighted by Crippen LogP contribution is 2.34. The number of nitrogens with one attached hydrogen (secondary N) is 1. The Kier molecular flexibility index (Phi) is 4.96. The van der Waals surface area contributed by atoms with E-state index in [1.165, 1.54) is 12.1 Å². The summed E-state index contributed by atoms with van der Waals surface area (Å²) in [6.45, 7) is 2.52. The van der Waals surface area contributed by atoms with E-state index in [0.717, 1.165) is 10.6 Å². The van der Waals surface area contributed by atoms with Crippen LogP contribution in [-0.2, 0) is 4.79 Å². The molecule has 1 amide bonds. The maximum absolute atomic E-state index is 13.6. The van der Waals surface area contributed by atoms with Crippen molar-refractivity contribution in [2.24, 2.45) is 0 Å². The Balaban J connectivity index is 1.33. The number of para-hydroxylation sites is 2. The van der Waals surface area contributed by atoms with Crippen molar-refractivity contribution in [2.45, 2.75) is 38.0 Å². The van der Waals surface area contributed by atoms with Crippen molar-refractivity contribution in [2.75, 3.05) is 13.1 Å². The van der Waals surface area contributed by atoms with Crippen molar-refractivity contribution < 1.29 is 18.7 Å². The lowest BCUT2D eigenvalue weighted by Crippen LogP contribution is -2.53. The molecule has 3 aromatic rings. The number of rotatable bonds is 2. The van der Waals surface area contributed by atoms with Gasteiger partial charge >= 0.3 is 5.69 Å². The van der Waals surface area contributed by atoms with Crippen LogP contribution in [0.1, 0.15) is 25.8 Å². The van der Waals surface area contributed by atoms with Gasteiger partial charge in [0.1, 0.15) is 11.9 Å². The van der Waals surface area contributed by atoms with Crippen LogP contribution in [-0.4, -0.2) is 45.7 Å². The van der Waals surface area contributed by atoms with Gasteiger partial charge < -0.3 is 19.4 Å². The molecular weight excluding hydrogens is 417 g/mol. The van der Waals surface area contributed by atoms with E-state index >= 15 is 0 Å². The molecule has 2 aromatic carbocycles. The second kappa shape index (κ2) is 7.81. The summed E-state index contributed by atoms with van der Waals surface area (Å²) < 4.78 is 26.5. The van der Waals surface area contributed by atoms with Crippen LogP contribution in [0.15, 0.2) is 52.1 Å². The number of piperidine rings is 1. The first-order valence-electron chi connectivity index (χ1n) is 10.6. The number of hydrogen-bond acceptors (Lipinski definition) is 5. The highest BCUT2D eigenvalue weighted by Gasteiger charge is 2.38. The summed E-state index contributed by atoms with van der Waals surface area (Å²) in [6, 6.07) is 10.5. The Hall–Kier alpha value is -3.62. The zero-order valence-corrected chi connectivity index (χ0v) is 17.4. The van der Waals surface area contributed by atoms with Gasteiger partial charge in [0.25, 0.3) is 11.5 Å². The standard InChI is InChI=1S/C23H22FN3O5/c1-13-20(32-19-5-3-2-4-18(19)31-13)22(29)26-10-8-15(9-11-26)27-21(28)16-12-14(24)6-7-17(16)25-23(27)30/h2-7,12-13,15,20H,8-11H2,1H3,(H,25,30). The molecule has 1 saturated heterocycles. The number of carbonyl (C=O) groups is 1. The van der Waals surface area contributed by atoms with Gasteiger partial charge in [0.05, 0.1) is 10.9 Å². The number of H-pyrrole nitrogens is 1. The SMILES string of the molecule is CC1Oc2ccccc2OC1C(=O)N1CCC(n2c(=O)[nH]c3ccc(F)cc3c2=O)CC1. The van der Waals surface area contributed by atoms with E-state index in [9.17, 15) is 18.8 Å². The lowest BCUT2D eigenvalue weighted by molar-refractivity contribution is -0.145. The van der Waals surface area contributed by atoms with Crippen LogP contribution in [0, 0.1) is 5.82 Å². The van der Waals surface area contributed by atoms with E-state index in [0.29, 0.717) is 42.9 Å². The van der Waals surface area contributed by atoms with E-state index in [4.69, 9.17) is 9.47 Å². The molecule has 2 atom stereocenters. The highest BCUT2D eigenvalue weighted by atomic mass is 19.1. The molecule has 0 bridgehead atoms. The number of aromatic nitrogens is 2. The lowest BCUT2D eigenvalue weighted by atomic mass is 10.0. The molecule has 166 valence electrons. The van der Waals surface area contributed by atoms with Gasteiger partial charge in [-0.15, -0.1) is 0 Å². The van der Waals surface area contributed by atoms with Gasteiger partial charge in [0.2, 0.25) is 6.10 Å². The molecule has 0 aliphatic carbocycles. The van der Waals surface area contributed by atoms with Crippen LogP contribution in [0.4, 0.5) is 4.39 Å². The summed E-state index contributed by atoms with van der Waals surface area (Å²) in [5, 5.41) is 0.128. The van der Waals surface area contributed by atoms with Crippen LogP contribution in [0.3, 0.4) is 0 Å². The number of fused-ring (bicyclic) bond motifs is 2. The minimum absolute atomic E-state index is 0.128. The monoisotopic (exact) mass is 439 g/mol. The summed E-state index contributed by atoms with van der Waals surface area (Å²) in [6.07, 6.45) is -0.366. The Morgan fingerprint density at radius 2 is 1.75 bits per heavy atom. The van der Waals surface area contributed by atoms with E-state index in [1.807, 2.05) is 12.1 Å². The quantitative estimate of drug-likeness (QED) is 0.661. The first-order valence-corrected chi connectivity index (χ1v) is 10.6. The highest BCUT2D eigenvalue weighted by molar-refractivity contribution is 5.82. The van der Waals surface area contributed by atoms with Crippen molar-refractivity contribution in [1.29, 1.82) is 0 Å². The van der Waals surface area contributed by atoms with E-state index in [-0.39, 0.29) is 17.3 Å². The Morgan fingerprint density at radius 3 is 2.47 bits per heavy atom. The Morgan fingerprint density at radius 1 is 1.06 bits per heavy atom. The summed E-state index contributed by atoms with van der Waals surface area (Å²) in [4.78, 5) is 42.9. The number of nitrogens with zero attached hydrogens (tertiary/aromatic N) is 2. The number of carbonyl (C=O) groups excluding carboxylic acids is 1. The topological polar surface area (TPSA) is 93.6 Å². The van der Waals surface area contributed by atoms with Crippen molar-refractivity contribution in [1.82, 2.24) is 14.5 Å². The minimum atomic E-state index is -0.767. The third kappa shape index (κ3) is 3.43. The summed E-state index contributed by atoms with van der Waals surface area (Å²) in [5.41, 5.74) is -0.760. The lowest BCUT2D eigenvalue weighted by Gasteiger charge is -2.37. The average molecular weight is 439 g/mol. The van der Waals surface area contributed by atoms with Gasteiger partial charge in [-0.05, 0) is 50.1 Å². The van der Waals surface area contributed by atoms with Gasteiger partial charge in [-0.25, -0.2) is 9.18 Å². The normalized spacial score (nSPS) is 21.0. The van der Waals surface area contributed by atoms with Crippen molar-refractivity contribution in [3.05, 3.63) is 69.1 Å². The predicted molar refractivity (Wildman–Crippen MR) is 115 cm³/mol.